The Morgan fingerprint density at radius 1 is 1.07 bits per heavy atom. The summed E-state index contributed by atoms with van der Waals surface area (Å²) in [7, 11) is 3.58. The molecule has 5 heteroatoms. The van der Waals surface area contributed by atoms with Crippen LogP contribution in [-0.2, 0) is 12.5 Å². The maximum atomic E-state index is 5.48. The van der Waals surface area contributed by atoms with E-state index in [1.54, 1.807) is 11.8 Å². The summed E-state index contributed by atoms with van der Waals surface area (Å²) in [5.74, 6) is 2.52. The lowest BCUT2D eigenvalue weighted by molar-refractivity contribution is 0.132. The van der Waals surface area contributed by atoms with Gasteiger partial charge in [-0.1, -0.05) is 18.2 Å². The molecule has 28 heavy (non-hydrogen) atoms. The minimum absolute atomic E-state index is 0.272. The molecule has 0 atom stereocenters. The van der Waals surface area contributed by atoms with Gasteiger partial charge in [-0.3, -0.25) is 4.68 Å². The second-order valence-electron chi connectivity index (χ2n) is 8.33. The molecule has 3 aromatic rings. The molecule has 0 saturated heterocycles. The van der Waals surface area contributed by atoms with Crippen LogP contribution in [0.15, 0.2) is 42.7 Å². The van der Waals surface area contributed by atoms with Gasteiger partial charge in [-0.2, -0.15) is 5.10 Å². The summed E-state index contributed by atoms with van der Waals surface area (Å²) in [4.78, 5) is 9.65. The van der Waals surface area contributed by atoms with Gasteiger partial charge in [-0.25, -0.2) is 9.97 Å². The number of hydrogen-bond donors (Lipinski definition) is 0. The summed E-state index contributed by atoms with van der Waals surface area (Å²) in [5.41, 5.74) is 4.38. The van der Waals surface area contributed by atoms with Gasteiger partial charge in [0.15, 0.2) is 11.6 Å². The number of benzene rings is 1. The first kappa shape index (κ1) is 17.4. The van der Waals surface area contributed by atoms with Crippen molar-refractivity contribution < 1.29 is 4.74 Å². The van der Waals surface area contributed by atoms with Crippen LogP contribution >= 0.6 is 0 Å². The second-order valence-corrected chi connectivity index (χ2v) is 8.33. The molecule has 0 spiro atoms. The molecule has 2 aromatic heterocycles. The van der Waals surface area contributed by atoms with Crippen LogP contribution < -0.4 is 4.74 Å². The van der Waals surface area contributed by atoms with Crippen molar-refractivity contribution in [2.45, 2.75) is 43.9 Å². The zero-order valence-electron chi connectivity index (χ0n) is 16.6. The predicted molar refractivity (Wildman–Crippen MR) is 109 cm³/mol. The Morgan fingerprint density at radius 3 is 2.57 bits per heavy atom. The molecular formula is C23H26N4O. The SMILES string of the molecule is COc1cn(C)nc1-c1cccc(-c2nccc(C34CCC(CC3)CC4)n2)c1. The van der Waals surface area contributed by atoms with Crippen molar-refractivity contribution in [3.63, 3.8) is 0 Å². The van der Waals surface area contributed by atoms with E-state index in [9.17, 15) is 0 Å². The molecule has 3 aliphatic rings. The number of ether oxygens (including phenoxy) is 1. The van der Waals surface area contributed by atoms with E-state index in [2.05, 4.69) is 34.3 Å². The second kappa shape index (κ2) is 6.73. The minimum atomic E-state index is 0.272. The lowest BCUT2D eigenvalue weighted by atomic mass is 9.59. The number of aromatic nitrogens is 4. The van der Waals surface area contributed by atoms with Gasteiger partial charge in [0.1, 0.15) is 5.69 Å². The zero-order chi connectivity index (χ0) is 19.1. The third-order valence-corrected chi connectivity index (χ3v) is 6.70. The monoisotopic (exact) mass is 374 g/mol. The molecule has 0 aliphatic heterocycles. The van der Waals surface area contributed by atoms with Gasteiger partial charge in [0, 0.05) is 29.8 Å². The smallest absolute Gasteiger partial charge is 0.164 e. The van der Waals surface area contributed by atoms with Crippen LogP contribution in [0.5, 0.6) is 5.75 Å². The summed E-state index contributed by atoms with van der Waals surface area (Å²) < 4.78 is 7.26. The Kier molecular flexibility index (Phi) is 4.18. The van der Waals surface area contributed by atoms with Gasteiger partial charge < -0.3 is 4.74 Å². The lowest BCUT2D eigenvalue weighted by Crippen LogP contribution is -2.38. The molecular weight excluding hydrogens is 348 g/mol. The van der Waals surface area contributed by atoms with Crippen LogP contribution in [-0.4, -0.2) is 26.9 Å². The number of methoxy groups -OCH3 is 1. The van der Waals surface area contributed by atoms with Crippen LogP contribution in [0.25, 0.3) is 22.6 Å². The highest BCUT2D eigenvalue weighted by Gasteiger charge is 2.42. The van der Waals surface area contributed by atoms with Crippen molar-refractivity contribution in [2.24, 2.45) is 13.0 Å². The van der Waals surface area contributed by atoms with Gasteiger partial charge in [0.25, 0.3) is 0 Å². The van der Waals surface area contributed by atoms with Crippen LogP contribution in [0.4, 0.5) is 0 Å². The van der Waals surface area contributed by atoms with Crippen molar-refractivity contribution in [2.75, 3.05) is 7.11 Å². The highest BCUT2D eigenvalue weighted by molar-refractivity contribution is 5.71. The maximum Gasteiger partial charge on any atom is 0.164 e. The molecule has 0 N–H and O–H groups in total. The first-order valence-electron chi connectivity index (χ1n) is 10.2. The number of fused-ring (bicyclic) bond motifs is 3. The van der Waals surface area contributed by atoms with E-state index in [0.717, 1.165) is 34.3 Å². The summed E-state index contributed by atoms with van der Waals surface area (Å²) in [6, 6.07) is 10.4. The molecule has 1 aromatic carbocycles. The molecule has 2 heterocycles. The van der Waals surface area contributed by atoms with Crippen molar-refractivity contribution in [3.8, 4) is 28.4 Å². The number of nitrogens with zero attached hydrogens (tertiary/aromatic N) is 4. The number of hydrogen-bond acceptors (Lipinski definition) is 4. The predicted octanol–water partition coefficient (Wildman–Crippen LogP) is 4.77. The Labute approximate surface area is 165 Å². The van der Waals surface area contributed by atoms with Gasteiger partial charge in [0.05, 0.1) is 19.0 Å². The quantitative estimate of drug-likeness (QED) is 0.660. The molecule has 2 bridgehead atoms. The average Bonchev–Trinajstić information content (AvgIpc) is 3.16. The third kappa shape index (κ3) is 2.89. The summed E-state index contributed by atoms with van der Waals surface area (Å²) in [5, 5.41) is 4.56. The van der Waals surface area contributed by atoms with E-state index >= 15 is 0 Å². The number of aryl methyl sites for hydroxylation is 1. The zero-order valence-corrected chi connectivity index (χ0v) is 16.6. The topological polar surface area (TPSA) is 52.8 Å². The molecule has 3 fully saturated rings. The van der Waals surface area contributed by atoms with E-state index in [0.29, 0.717) is 0 Å². The Morgan fingerprint density at radius 2 is 1.82 bits per heavy atom. The fourth-order valence-corrected chi connectivity index (χ4v) is 5.05. The fraction of sp³-hybridized carbons (Fsp3) is 0.435. The molecule has 0 amide bonds. The molecule has 5 nitrogen and oxygen atoms in total. The van der Waals surface area contributed by atoms with Crippen LogP contribution in [0.3, 0.4) is 0 Å². The van der Waals surface area contributed by atoms with E-state index in [4.69, 9.17) is 9.72 Å². The van der Waals surface area contributed by atoms with Crippen molar-refractivity contribution >= 4 is 0 Å². The third-order valence-electron chi connectivity index (χ3n) is 6.70. The minimum Gasteiger partial charge on any atom is -0.493 e. The first-order valence-corrected chi connectivity index (χ1v) is 10.2. The Balaban J connectivity index is 1.52. The van der Waals surface area contributed by atoms with Crippen molar-refractivity contribution in [1.29, 1.82) is 0 Å². The van der Waals surface area contributed by atoms with Gasteiger partial charge >= 0.3 is 0 Å². The lowest BCUT2D eigenvalue weighted by Gasteiger charge is -2.46. The van der Waals surface area contributed by atoms with Crippen LogP contribution in [0, 0.1) is 5.92 Å². The van der Waals surface area contributed by atoms with Crippen LogP contribution in [0.1, 0.15) is 44.2 Å². The largest absolute Gasteiger partial charge is 0.493 e. The van der Waals surface area contributed by atoms with E-state index in [-0.39, 0.29) is 5.41 Å². The molecule has 3 aliphatic carbocycles. The highest BCUT2D eigenvalue weighted by Crippen LogP contribution is 2.51. The molecule has 3 saturated carbocycles. The standard InChI is InChI=1S/C23H26N4O/c1-27-15-19(28-2)21(26-27)17-4-3-5-18(14-17)22-24-13-9-20(25-22)23-10-6-16(7-11-23)8-12-23/h3-5,9,13-16H,6-8,10-12H2,1-2H3. The Hall–Kier alpha value is -2.69. The fourth-order valence-electron chi connectivity index (χ4n) is 5.05. The van der Waals surface area contributed by atoms with Gasteiger partial charge in [-0.15, -0.1) is 0 Å². The van der Waals surface area contributed by atoms with Crippen molar-refractivity contribution in [3.05, 3.63) is 48.4 Å². The number of rotatable bonds is 4. The first-order chi connectivity index (χ1) is 13.7. The average molecular weight is 374 g/mol. The maximum absolute atomic E-state index is 5.48. The highest BCUT2D eigenvalue weighted by atomic mass is 16.5. The normalized spacial score (nSPS) is 23.7. The van der Waals surface area contributed by atoms with Crippen LogP contribution in [0.2, 0.25) is 0 Å². The van der Waals surface area contributed by atoms with E-state index in [1.165, 1.54) is 44.2 Å². The summed E-state index contributed by atoms with van der Waals surface area (Å²) >= 11 is 0. The molecule has 0 radical (unpaired) electrons. The molecule has 144 valence electrons. The van der Waals surface area contributed by atoms with E-state index < -0.39 is 0 Å². The van der Waals surface area contributed by atoms with Crippen molar-refractivity contribution in [1.82, 2.24) is 19.7 Å². The summed E-state index contributed by atoms with van der Waals surface area (Å²) in [6.45, 7) is 0. The summed E-state index contributed by atoms with van der Waals surface area (Å²) in [6.07, 6.45) is 11.7. The van der Waals surface area contributed by atoms with E-state index in [1.807, 2.05) is 25.5 Å². The Bertz CT molecular complexity index is 988. The molecule has 0 unspecified atom stereocenters. The molecule has 6 rings (SSSR count). The van der Waals surface area contributed by atoms with Gasteiger partial charge in [0.2, 0.25) is 0 Å². The van der Waals surface area contributed by atoms with Gasteiger partial charge in [-0.05, 0) is 56.6 Å².